The van der Waals surface area contributed by atoms with Crippen LogP contribution in [0.3, 0.4) is 0 Å². The van der Waals surface area contributed by atoms with E-state index in [0.29, 0.717) is 0 Å². The third-order valence-corrected chi connectivity index (χ3v) is 4.81. The van der Waals surface area contributed by atoms with E-state index in [-0.39, 0.29) is 35.5 Å². The van der Waals surface area contributed by atoms with Crippen LogP contribution in [-0.4, -0.2) is 23.1 Å². The van der Waals surface area contributed by atoms with Gasteiger partial charge in [-0.25, -0.2) is 0 Å². The van der Waals surface area contributed by atoms with Crippen molar-refractivity contribution in [2.24, 2.45) is 0 Å². The second kappa shape index (κ2) is 10.4. The molecule has 0 radical (unpaired) electrons. The fraction of sp³-hybridized carbons (Fsp3) is 0.0526. The largest absolute Gasteiger partial charge is 2.00 e. The minimum atomic E-state index is 0. The zero-order chi connectivity index (χ0) is 14.5. The molecule has 0 aliphatic heterocycles. The summed E-state index contributed by atoms with van der Waals surface area (Å²) < 4.78 is 1.13. The van der Waals surface area contributed by atoms with Crippen LogP contribution in [0.25, 0.3) is 11.1 Å². The normalized spacial score (nSPS) is 9.61. The van der Waals surface area contributed by atoms with Gasteiger partial charge in [-0.3, -0.25) is 0 Å². The van der Waals surface area contributed by atoms with Gasteiger partial charge < -0.3 is 12.4 Å². The van der Waals surface area contributed by atoms with Crippen LogP contribution in [-0.2, 0) is 5.75 Å². The van der Waals surface area contributed by atoms with Gasteiger partial charge in [0.15, 0.2) is 0 Å². The molecule has 23 heavy (non-hydrogen) atoms. The third-order valence-electron chi connectivity index (χ3n) is 3.17. The van der Waals surface area contributed by atoms with E-state index in [4.69, 9.17) is 0 Å². The molecule has 0 fully saturated rings. The van der Waals surface area contributed by atoms with Gasteiger partial charge in [-0.2, -0.15) is 0 Å². The van der Waals surface area contributed by atoms with E-state index in [1.807, 2.05) is 23.9 Å². The summed E-state index contributed by atoms with van der Waals surface area (Å²) in [6.07, 6.45) is 0. The summed E-state index contributed by atoms with van der Waals surface area (Å²) in [5.74, 6) is 0.962. The first-order valence-corrected chi connectivity index (χ1v) is 8.54. The molecule has 3 aromatic carbocycles. The molecule has 0 atom stereocenters. The van der Waals surface area contributed by atoms with Crippen molar-refractivity contribution in [1.29, 1.82) is 0 Å². The van der Waals surface area contributed by atoms with Gasteiger partial charge in [-0.15, -0.1) is 47.7 Å². The average molecular weight is 414 g/mol. The number of thioether (sulfide) groups is 1. The molecule has 0 amide bonds. The molecule has 0 bridgehead atoms. The Morgan fingerprint density at radius 1 is 0.913 bits per heavy atom. The SMILES string of the molecule is Brc1cccc(CSc2ccccc2-c2[c-]cccc2)c1.[Cl-].[Mg+2]. The summed E-state index contributed by atoms with van der Waals surface area (Å²) in [5, 5.41) is 0. The van der Waals surface area contributed by atoms with Crippen LogP contribution >= 0.6 is 27.7 Å². The minimum absolute atomic E-state index is 0. The maximum atomic E-state index is 3.53. The van der Waals surface area contributed by atoms with E-state index in [1.54, 1.807) is 0 Å². The average Bonchev–Trinajstić information content (AvgIpc) is 2.54. The van der Waals surface area contributed by atoms with E-state index >= 15 is 0 Å². The zero-order valence-corrected chi connectivity index (χ0v) is 17.1. The van der Waals surface area contributed by atoms with Crippen LogP contribution in [0, 0.1) is 6.07 Å². The Labute approximate surface area is 172 Å². The standard InChI is InChI=1S/C19H14BrS.ClH.Mg/c20-17-10-6-7-15(13-17)14-21-19-12-5-4-11-18(19)16-8-2-1-3-9-16;;/h1-8,10-13H,14H2;1H;/q-1;;+2/p-1. The van der Waals surface area contributed by atoms with Gasteiger partial charge in [-0.1, -0.05) is 57.9 Å². The molecule has 3 rings (SSSR count). The molecule has 0 aliphatic rings. The van der Waals surface area contributed by atoms with E-state index in [2.05, 4.69) is 82.7 Å². The van der Waals surface area contributed by atoms with Gasteiger partial charge in [-0.05, 0) is 22.6 Å². The van der Waals surface area contributed by atoms with Gasteiger partial charge in [0, 0.05) is 10.2 Å². The molecule has 0 heterocycles. The van der Waals surface area contributed by atoms with Gasteiger partial charge in [0.05, 0.1) is 0 Å². The minimum Gasteiger partial charge on any atom is -1.00 e. The van der Waals surface area contributed by atoms with Crippen molar-refractivity contribution in [3.8, 4) is 11.1 Å². The van der Waals surface area contributed by atoms with Crippen LogP contribution in [0.5, 0.6) is 0 Å². The summed E-state index contributed by atoms with van der Waals surface area (Å²) in [6.45, 7) is 0. The molecule has 0 spiro atoms. The molecule has 3 aromatic rings. The maximum Gasteiger partial charge on any atom is 2.00 e. The molecule has 0 saturated carbocycles. The maximum absolute atomic E-state index is 3.53. The first-order valence-electron chi connectivity index (χ1n) is 6.76. The molecular formula is C19H14BrClMgS. The number of halogens is 2. The number of rotatable bonds is 4. The Bertz CT molecular complexity index is 734. The van der Waals surface area contributed by atoms with E-state index in [9.17, 15) is 0 Å². The first kappa shape index (κ1) is 20.6. The molecule has 0 saturated heterocycles. The number of benzene rings is 3. The molecule has 112 valence electrons. The quantitative estimate of drug-likeness (QED) is 0.360. The molecule has 0 aliphatic carbocycles. The summed E-state index contributed by atoms with van der Waals surface area (Å²) in [6, 6.07) is 28.4. The van der Waals surface area contributed by atoms with Crippen molar-refractivity contribution in [2.75, 3.05) is 0 Å². The van der Waals surface area contributed by atoms with Crippen molar-refractivity contribution in [2.45, 2.75) is 10.6 Å². The molecule has 0 unspecified atom stereocenters. The zero-order valence-electron chi connectivity index (χ0n) is 12.5. The van der Waals surface area contributed by atoms with E-state index in [1.165, 1.54) is 16.0 Å². The first-order chi connectivity index (χ1) is 10.3. The van der Waals surface area contributed by atoms with Crippen molar-refractivity contribution in [3.05, 3.63) is 88.9 Å². The Morgan fingerprint density at radius 3 is 2.43 bits per heavy atom. The summed E-state index contributed by atoms with van der Waals surface area (Å²) >= 11 is 5.39. The van der Waals surface area contributed by atoms with Gasteiger partial charge in [0.2, 0.25) is 0 Å². The van der Waals surface area contributed by atoms with Crippen molar-refractivity contribution >= 4 is 50.7 Å². The second-order valence-corrected chi connectivity index (χ2v) is 6.62. The fourth-order valence-electron chi connectivity index (χ4n) is 2.16. The van der Waals surface area contributed by atoms with Crippen LogP contribution in [0.15, 0.2) is 82.2 Å². The Hall–Kier alpha value is -0.454. The van der Waals surface area contributed by atoms with E-state index in [0.717, 1.165) is 15.8 Å². The molecule has 4 heteroatoms. The van der Waals surface area contributed by atoms with Crippen molar-refractivity contribution in [3.63, 3.8) is 0 Å². The Balaban J connectivity index is 0.00000132. The van der Waals surface area contributed by atoms with Gasteiger partial charge in [0.1, 0.15) is 0 Å². The smallest absolute Gasteiger partial charge is 1.00 e. The molecule has 0 N–H and O–H groups in total. The summed E-state index contributed by atoms with van der Waals surface area (Å²) in [7, 11) is 0. The fourth-order valence-corrected chi connectivity index (χ4v) is 3.62. The number of hydrogen-bond donors (Lipinski definition) is 0. The van der Waals surface area contributed by atoms with Crippen LogP contribution in [0.4, 0.5) is 0 Å². The van der Waals surface area contributed by atoms with Crippen LogP contribution in [0.1, 0.15) is 5.56 Å². The van der Waals surface area contributed by atoms with Gasteiger partial charge >= 0.3 is 23.1 Å². The van der Waals surface area contributed by atoms with Crippen molar-refractivity contribution < 1.29 is 12.4 Å². The molecule has 0 nitrogen and oxygen atoms in total. The van der Waals surface area contributed by atoms with Crippen LogP contribution in [0.2, 0.25) is 0 Å². The topological polar surface area (TPSA) is 0 Å². The molecular weight excluding hydrogens is 400 g/mol. The molecule has 0 aromatic heterocycles. The van der Waals surface area contributed by atoms with E-state index < -0.39 is 0 Å². The second-order valence-electron chi connectivity index (χ2n) is 4.69. The Kier molecular flexibility index (Phi) is 9.33. The monoisotopic (exact) mass is 412 g/mol. The summed E-state index contributed by atoms with van der Waals surface area (Å²) in [4.78, 5) is 1.29. The summed E-state index contributed by atoms with van der Waals surface area (Å²) in [5.41, 5.74) is 3.72. The third kappa shape index (κ3) is 5.84. The van der Waals surface area contributed by atoms with Crippen molar-refractivity contribution in [1.82, 2.24) is 0 Å². The number of hydrogen-bond acceptors (Lipinski definition) is 1. The predicted octanol–water partition coefficient (Wildman–Crippen LogP) is 2.83. The van der Waals surface area contributed by atoms with Crippen LogP contribution < -0.4 is 12.4 Å². The predicted molar refractivity (Wildman–Crippen MR) is 100 cm³/mol. The van der Waals surface area contributed by atoms with Gasteiger partial charge in [0.25, 0.3) is 0 Å². The Morgan fingerprint density at radius 2 is 1.70 bits per heavy atom.